The fourth-order valence-corrected chi connectivity index (χ4v) is 4.48. The zero-order chi connectivity index (χ0) is 21.9. The number of amides is 1. The van der Waals surface area contributed by atoms with E-state index in [-0.39, 0.29) is 11.9 Å². The van der Waals surface area contributed by atoms with Gasteiger partial charge in [0.25, 0.3) is 5.91 Å². The van der Waals surface area contributed by atoms with Crippen molar-refractivity contribution in [1.29, 1.82) is 0 Å². The van der Waals surface area contributed by atoms with E-state index in [4.69, 9.17) is 4.84 Å². The van der Waals surface area contributed by atoms with Crippen LogP contribution in [0.15, 0.2) is 82.8 Å². The van der Waals surface area contributed by atoms with E-state index >= 15 is 0 Å². The van der Waals surface area contributed by atoms with Crippen LogP contribution < -0.4 is 0 Å². The van der Waals surface area contributed by atoms with Crippen molar-refractivity contribution in [1.82, 2.24) is 19.8 Å². The standard InChI is InChI=1S/C25H22N4O2S/c1-31-29(20-10-11-20)25(30)22-7-2-3-8-24(22)32-21-12-9-18-17-27-28(23(18)16-21)15-13-19-6-4-5-14-26-19/h2-9,12-17,20H,10-11H2,1H3. The summed E-state index contributed by atoms with van der Waals surface area (Å²) in [6, 6.07) is 19.8. The molecule has 2 heterocycles. The summed E-state index contributed by atoms with van der Waals surface area (Å²) in [4.78, 5) is 24.7. The van der Waals surface area contributed by atoms with E-state index in [0.717, 1.165) is 39.2 Å². The monoisotopic (exact) mass is 442 g/mol. The maximum Gasteiger partial charge on any atom is 0.278 e. The van der Waals surface area contributed by atoms with Gasteiger partial charge in [0, 0.05) is 27.6 Å². The number of hydrogen-bond acceptors (Lipinski definition) is 5. The fraction of sp³-hybridized carbons (Fsp3) is 0.160. The molecule has 2 aromatic heterocycles. The van der Waals surface area contributed by atoms with E-state index < -0.39 is 0 Å². The summed E-state index contributed by atoms with van der Waals surface area (Å²) < 4.78 is 1.84. The van der Waals surface area contributed by atoms with Gasteiger partial charge < -0.3 is 0 Å². The number of pyridine rings is 1. The van der Waals surface area contributed by atoms with Gasteiger partial charge in [0.05, 0.1) is 36.1 Å². The molecule has 0 bridgehead atoms. The number of carbonyl (C=O) groups excluding carboxylic acids is 1. The van der Waals surface area contributed by atoms with Crippen molar-refractivity contribution < 1.29 is 9.63 Å². The highest BCUT2D eigenvalue weighted by atomic mass is 32.2. The summed E-state index contributed by atoms with van der Waals surface area (Å²) in [5, 5.41) is 7.03. The Kier molecular flexibility index (Phi) is 5.75. The summed E-state index contributed by atoms with van der Waals surface area (Å²) in [6.45, 7) is 0. The van der Waals surface area contributed by atoms with Gasteiger partial charge in [-0.2, -0.15) is 5.10 Å². The van der Waals surface area contributed by atoms with E-state index in [1.165, 1.54) is 5.06 Å². The second-order valence-electron chi connectivity index (χ2n) is 7.52. The maximum absolute atomic E-state index is 13.1. The molecule has 7 heteroatoms. The van der Waals surface area contributed by atoms with Crippen LogP contribution in [0.5, 0.6) is 0 Å². The second-order valence-corrected chi connectivity index (χ2v) is 8.64. The molecule has 6 nitrogen and oxygen atoms in total. The summed E-state index contributed by atoms with van der Waals surface area (Å²) >= 11 is 1.56. The number of aromatic nitrogens is 3. The lowest BCUT2D eigenvalue weighted by atomic mass is 10.2. The van der Waals surface area contributed by atoms with Crippen LogP contribution in [-0.2, 0) is 4.84 Å². The highest BCUT2D eigenvalue weighted by molar-refractivity contribution is 7.99. The molecule has 1 aliphatic carbocycles. The maximum atomic E-state index is 13.1. The number of benzene rings is 2. The van der Waals surface area contributed by atoms with E-state index in [2.05, 4.69) is 22.2 Å². The number of hydroxylamine groups is 2. The number of nitrogens with zero attached hydrogens (tertiary/aromatic N) is 4. The van der Waals surface area contributed by atoms with Gasteiger partial charge in [0.2, 0.25) is 0 Å². The molecule has 160 valence electrons. The molecule has 1 aliphatic rings. The average Bonchev–Trinajstić information content (AvgIpc) is 3.59. The molecule has 1 fully saturated rings. The minimum Gasteiger partial charge on any atom is -0.274 e. The topological polar surface area (TPSA) is 60.2 Å². The molecule has 4 aromatic rings. The summed E-state index contributed by atoms with van der Waals surface area (Å²) in [5.41, 5.74) is 2.50. The number of carbonyl (C=O) groups is 1. The molecule has 0 spiro atoms. The molecule has 0 aliphatic heterocycles. The molecule has 0 radical (unpaired) electrons. The normalized spacial score (nSPS) is 13.7. The van der Waals surface area contributed by atoms with Gasteiger partial charge in [-0.25, -0.2) is 9.75 Å². The van der Waals surface area contributed by atoms with Crippen molar-refractivity contribution in [2.75, 3.05) is 7.11 Å². The zero-order valence-corrected chi connectivity index (χ0v) is 18.4. The van der Waals surface area contributed by atoms with Crippen LogP contribution in [0.25, 0.3) is 23.2 Å². The number of hydrogen-bond donors (Lipinski definition) is 0. The van der Waals surface area contributed by atoms with Gasteiger partial charge in [0.1, 0.15) is 0 Å². The first-order chi connectivity index (χ1) is 15.7. The zero-order valence-electron chi connectivity index (χ0n) is 17.6. The SMILES string of the molecule is CON(C(=O)c1ccccc1Sc1ccc2cnn(C=Cc3ccccn3)c2c1)C1CC1. The third kappa shape index (κ3) is 4.30. The van der Waals surface area contributed by atoms with Gasteiger partial charge in [-0.3, -0.25) is 14.6 Å². The van der Waals surface area contributed by atoms with E-state index in [9.17, 15) is 4.79 Å². The van der Waals surface area contributed by atoms with Crippen molar-refractivity contribution in [3.05, 3.63) is 84.3 Å². The lowest BCUT2D eigenvalue weighted by Crippen LogP contribution is -2.32. The average molecular weight is 443 g/mol. The predicted molar refractivity (Wildman–Crippen MR) is 126 cm³/mol. The first-order valence-electron chi connectivity index (χ1n) is 10.4. The Hall–Kier alpha value is -3.42. The van der Waals surface area contributed by atoms with Crippen LogP contribution in [0.2, 0.25) is 0 Å². The quantitative estimate of drug-likeness (QED) is 0.360. The minimum atomic E-state index is -0.0949. The first kappa shape index (κ1) is 20.5. The highest BCUT2D eigenvalue weighted by Crippen LogP contribution is 2.35. The third-order valence-corrected chi connectivity index (χ3v) is 6.33. The van der Waals surface area contributed by atoms with Crippen LogP contribution in [0.3, 0.4) is 0 Å². The van der Waals surface area contributed by atoms with Gasteiger partial charge in [-0.1, -0.05) is 36.0 Å². The number of rotatable bonds is 7. The molecule has 0 unspecified atom stereocenters. The summed E-state index contributed by atoms with van der Waals surface area (Å²) in [5.74, 6) is -0.0949. The van der Waals surface area contributed by atoms with Gasteiger partial charge in [0.15, 0.2) is 0 Å². The van der Waals surface area contributed by atoms with Crippen molar-refractivity contribution >= 4 is 40.8 Å². The van der Waals surface area contributed by atoms with Crippen LogP contribution >= 0.6 is 11.8 Å². The second kappa shape index (κ2) is 8.98. The minimum absolute atomic E-state index is 0.0949. The van der Waals surface area contributed by atoms with Crippen LogP contribution in [-0.4, -0.2) is 38.9 Å². The highest BCUT2D eigenvalue weighted by Gasteiger charge is 2.34. The van der Waals surface area contributed by atoms with E-state index in [1.807, 2.05) is 71.7 Å². The predicted octanol–water partition coefficient (Wildman–Crippen LogP) is 5.38. The third-order valence-electron chi connectivity index (χ3n) is 5.26. The van der Waals surface area contributed by atoms with Gasteiger partial charge in [-0.15, -0.1) is 0 Å². The lowest BCUT2D eigenvalue weighted by molar-refractivity contribution is -0.102. The molecule has 2 aromatic carbocycles. The van der Waals surface area contributed by atoms with Gasteiger partial charge in [-0.05, 0) is 55.3 Å². The molecule has 0 saturated heterocycles. The van der Waals surface area contributed by atoms with Crippen molar-refractivity contribution in [2.24, 2.45) is 0 Å². The molecule has 0 N–H and O–H groups in total. The molecular formula is C25H22N4O2S. The molecule has 0 atom stereocenters. The molecule has 32 heavy (non-hydrogen) atoms. The Labute approximate surface area is 190 Å². The largest absolute Gasteiger partial charge is 0.278 e. The lowest BCUT2D eigenvalue weighted by Gasteiger charge is -2.20. The van der Waals surface area contributed by atoms with E-state index in [1.54, 1.807) is 25.1 Å². The van der Waals surface area contributed by atoms with Crippen LogP contribution in [0.1, 0.15) is 28.9 Å². The fourth-order valence-electron chi connectivity index (χ4n) is 3.51. The Morgan fingerprint density at radius 2 is 2.00 bits per heavy atom. The Balaban J connectivity index is 1.43. The molecule has 1 amide bonds. The summed E-state index contributed by atoms with van der Waals surface area (Å²) in [6.07, 6.45) is 9.42. The smallest absolute Gasteiger partial charge is 0.274 e. The van der Waals surface area contributed by atoms with E-state index in [0.29, 0.717) is 5.56 Å². The van der Waals surface area contributed by atoms with Crippen LogP contribution in [0.4, 0.5) is 0 Å². The Morgan fingerprint density at radius 3 is 2.78 bits per heavy atom. The van der Waals surface area contributed by atoms with Gasteiger partial charge >= 0.3 is 0 Å². The summed E-state index contributed by atoms with van der Waals surface area (Å²) in [7, 11) is 1.56. The molecule has 1 saturated carbocycles. The van der Waals surface area contributed by atoms with Crippen LogP contribution in [0, 0.1) is 0 Å². The molecular weight excluding hydrogens is 420 g/mol. The number of fused-ring (bicyclic) bond motifs is 1. The Bertz CT molecular complexity index is 1280. The first-order valence-corrected chi connectivity index (χ1v) is 11.3. The van der Waals surface area contributed by atoms with Crippen molar-refractivity contribution in [2.45, 2.75) is 28.7 Å². The van der Waals surface area contributed by atoms with Crippen molar-refractivity contribution in [3.8, 4) is 0 Å². The Morgan fingerprint density at radius 1 is 1.16 bits per heavy atom. The van der Waals surface area contributed by atoms with Crippen molar-refractivity contribution in [3.63, 3.8) is 0 Å². The molecule has 5 rings (SSSR count).